The smallest absolute Gasteiger partial charge is 0.306 e. The lowest BCUT2D eigenvalue weighted by Crippen LogP contribution is -2.30. The van der Waals surface area contributed by atoms with E-state index in [1.165, 1.54) is 141 Å². The topological polar surface area (TPSA) is 78.9 Å². The summed E-state index contributed by atoms with van der Waals surface area (Å²) in [6, 6.07) is 0. The fourth-order valence-electron chi connectivity index (χ4n) is 8.07. The summed E-state index contributed by atoms with van der Waals surface area (Å²) in [5.41, 5.74) is 0. The second-order valence-electron chi connectivity index (χ2n) is 19.2. The average Bonchev–Trinajstić information content (AvgIpc) is 3.34. The standard InChI is InChI=1S/C62H108O6/c1-4-7-10-13-16-19-22-25-28-30-31-32-35-37-40-43-46-49-52-55-61(64)67-58-59(57-66-60(63)54-51-48-45-42-39-36-33-27-24-21-18-15-12-9-6-3)68-62(65)56-53-50-47-44-41-38-34-29-26-23-20-17-14-11-8-5-2/h7,10,16,19,21,24-25,28-29,31-32,34,59H,4-6,8-9,11-15,17-18,20,22-23,26-27,30,33,35-58H2,1-3H3/b10-7-,19-16-,24-21-,28-25-,32-31-,34-29-. The van der Waals surface area contributed by atoms with Gasteiger partial charge in [-0.2, -0.15) is 0 Å². The van der Waals surface area contributed by atoms with Gasteiger partial charge in [-0.15, -0.1) is 0 Å². The van der Waals surface area contributed by atoms with Crippen molar-refractivity contribution in [2.24, 2.45) is 0 Å². The van der Waals surface area contributed by atoms with Crippen molar-refractivity contribution in [1.82, 2.24) is 0 Å². The summed E-state index contributed by atoms with van der Waals surface area (Å²) in [6.45, 7) is 6.51. The van der Waals surface area contributed by atoms with E-state index in [1.54, 1.807) is 0 Å². The number of allylic oxidation sites excluding steroid dienone is 12. The van der Waals surface area contributed by atoms with Gasteiger partial charge in [-0.3, -0.25) is 14.4 Å². The van der Waals surface area contributed by atoms with Crippen LogP contribution >= 0.6 is 0 Å². The van der Waals surface area contributed by atoms with Gasteiger partial charge in [-0.1, -0.05) is 229 Å². The van der Waals surface area contributed by atoms with E-state index >= 15 is 0 Å². The van der Waals surface area contributed by atoms with Crippen LogP contribution in [0.3, 0.4) is 0 Å². The third kappa shape index (κ3) is 53.8. The van der Waals surface area contributed by atoms with Crippen molar-refractivity contribution in [2.75, 3.05) is 13.2 Å². The SMILES string of the molecule is CC/C=C\C/C=C\C/C=C\C/C=C\CCCCCCCCC(=O)OCC(COC(=O)CCCCCCCCC/C=C\CCCCCC)OC(=O)CCCCCCC/C=C\CCCCCCCCC. The lowest BCUT2D eigenvalue weighted by atomic mass is 10.1. The van der Waals surface area contributed by atoms with Crippen LogP contribution in [-0.2, 0) is 28.6 Å². The second kappa shape index (κ2) is 56.4. The van der Waals surface area contributed by atoms with Crippen molar-refractivity contribution in [2.45, 2.75) is 290 Å². The van der Waals surface area contributed by atoms with Gasteiger partial charge in [0.25, 0.3) is 0 Å². The predicted molar refractivity (Wildman–Crippen MR) is 293 cm³/mol. The number of rotatable bonds is 52. The molecule has 0 aromatic rings. The molecular weight excluding hydrogens is 841 g/mol. The van der Waals surface area contributed by atoms with Crippen LogP contribution in [0.4, 0.5) is 0 Å². The zero-order valence-electron chi connectivity index (χ0n) is 44.9. The zero-order valence-corrected chi connectivity index (χ0v) is 44.9. The molecule has 0 N–H and O–H groups in total. The summed E-state index contributed by atoms with van der Waals surface area (Å²) in [5.74, 6) is -0.903. The predicted octanol–water partition coefficient (Wildman–Crippen LogP) is 19.4. The number of carbonyl (C=O) groups excluding carboxylic acids is 3. The first-order valence-corrected chi connectivity index (χ1v) is 28.9. The maximum absolute atomic E-state index is 12.9. The fourth-order valence-corrected chi connectivity index (χ4v) is 8.07. The quantitative estimate of drug-likeness (QED) is 0.0262. The van der Waals surface area contributed by atoms with E-state index in [4.69, 9.17) is 14.2 Å². The molecule has 0 bridgehead atoms. The molecule has 0 saturated heterocycles. The third-order valence-corrected chi connectivity index (χ3v) is 12.4. The van der Waals surface area contributed by atoms with E-state index in [2.05, 4.69) is 93.7 Å². The molecule has 1 unspecified atom stereocenters. The van der Waals surface area contributed by atoms with Crippen molar-refractivity contribution in [1.29, 1.82) is 0 Å². The normalized spacial score (nSPS) is 12.6. The number of esters is 3. The molecule has 0 aromatic carbocycles. The highest BCUT2D eigenvalue weighted by molar-refractivity contribution is 5.71. The molecule has 6 heteroatoms. The van der Waals surface area contributed by atoms with Crippen LogP contribution in [0.5, 0.6) is 0 Å². The molecule has 0 spiro atoms. The summed E-state index contributed by atoms with van der Waals surface area (Å²) in [5, 5.41) is 0. The van der Waals surface area contributed by atoms with Crippen LogP contribution in [0.15, 0.2) is 72.9 Å². The first-order chi connectivity index (χ1) is 33.5. The van der Waals surface area contributed by atoms with E-state index in [9.17, 15) is 14.4 Å². The fraction of sp³-hybridized carbons (Fsp3) is 0.758. The second-order valence-corrected chi connectivity index (χ2v) is 19.2. The highest BCUT2D eigenvalue weighted by Crippen LogP contribution is 2.15. The minimum absolute atomic E-state index is 0.0849. The summed E-state index contributed by atoms with van der Waals surface area (Å²) in [6.07, 6.45) is 71.7. The first-order valence-electron chi connectivity index (χ1n) is 28.9. The minimum atomic E-state index is -0.788. The van der Waals surface area contributed by atoms with Gasteiger partial charge < -0.3 is 14.2 Å². The molecule has 0 aromatic heterocycles. The van der Waals surface area contributed by atoms with Crippen molar-refractivity contribution in [3.05, 3.63) is 72.9 Å². The molecule has 0 aliphatic heterocycles. The molecule has 392 valence electrons. The van der Waals surface area contributed by atoms with Crippen LogP contribution in [-0.4, -0.2) is 37.2 Å². The average molecular weight is 950 g/mol. The van der Waals surface area contributed by atoms with Gasteiger partial charge in [0.2, 0.25) is 0 Å². The van der Waals surface area contributed by atoms with Crippen LogP contribution < -0.4 is 0 Å². The summed E-state index contributed by atoms with van der Waals surface area (Å²) >= 11 is 0. The molecule has 6 nitrogen and oxygen atoms in total. The highest BCUT2D eigenvalue weighted by Gasteiger charge is 2.19. The molecule has 68 heavy (non-hydrogen) atoms. The number of carbonyl (C=O) groups is 3. The molecule has 0 heterocycles. The molecular formula is C62H108O6. The lowest BCUT2D eigenvalue weighted by Gasteiger charge is -2.18. The van der Waals surface area contributed by atoms with Gasteiger partial charge in [-0.25, -0.2) is 0 Å². The molecule has 0 aliphatic rings. The Bertz CT molecular complexity index is 1270. The van der Waals surface area contributed by atoms with Crippen LogP contribution in [0.2, 0.25) is 0 Å². The van der Waals surface area contributed by atoms with E-state index in [1.807, 2.05) is 0 Å². The van der Waals surface area contributed by atoms with Crippen LogP contribution in [0.25, 0.3) is 0 Å². The molecule has 0 rings (SSSR count). The zero-order chi connectivity index (χ0) is 49.3. The van der Waals surface area contributed by atoms with E-state index in [0.717, 1.165) is 103 Å². The number of unbranched alkanes of at least 4 members (excludes halogenated alkanes) is 29. The van der Waals surface area contributed by atoms with Gasteiger partial charge in [0.05, 0.1) is 0 Å². The van der Waals surface area contributed by atoms with Gasteiger partial charge in [0.15, 0.2) is 6.10 Å². The molecule has 0 radical (unpaired) electrons. The first kappa shape index (κ1) is 64.8. The largest absolute Gasteiger partial charge is 0.462 e. The summed E-state index contributed by atoms with van der Waals surface area (Å²) in [4.78, 5) is 38.2. The Morgan fingerprint density at radius 2 is 0.574 bits per heavy atom. The summed E-state index contributed by atoms with van der Waals surface area (Å²) < 4.78 is 16.9. The number of ether oxygens (including phenoxy) is 3. The number of hydrogen-bond acceptors (Lipinski definition) is 6. The Balaban J connectivity index is 4.41. The maximum atomic E-state index is 12.9. The van der Waals surface area contributed by atoms with Gasteiger partial charge >= 0.3 is 17.9 Å². The van der Waals surface area contributed by atoms with Crippen molar-refractivity contribution in [3.63, 3.8) is 0 Å². The Hall–Kier alpha value is -3.15. The Kier molecular flexibility index (Phi) is 53.8. The highest BCUT2D eigenvalue weighted by atomic mass is 16.6. The lowest BCUT2D eigenvalue weighted by molar-refractivity contribution is -0.167. The molecule has 0 aliphatic carbocycles. The van der Waals surface area contributed by atoms with Gasteiger partial charge in [0.1, 0.15) is 13.2 Å². The summed E-state index contributed by atoms with van der Waals surface area (Å²) in [7, 11) is 0. The van der Waals surface area contributed by atoms with E-state index in [0.29, 0.717) is 19.3 Å². The van der Waals surface area contributed by atoms with Gasteiger partial charge in [-0.05, 0) is 109 Å². The Morgan fingerprint density at radius 1 is 0.309 bits per heavy atom. The third-order valence-electron chi connectivity index (χ3n) is 12.4. The molecule has 0 saturated carbocycles. The maximum Gasteiger partial charge on any atom is 0.306 e. The minimum Gasteiger partial charge on any atom is -0.462 e. The molecule has 1 atom stereocenters. The molecule has 0 fully saturated rings. The van der Waals surface area contributed by atoms with Crippen molar-refractivity contribution in [3.8, 4) is 0 Å². The van der Waals surface area contributed by atoms with Gasteiger partial charge in [0, 0.05) is 19.3 Å². The van der Waals surface area contributed by atoms with Crippen LogP contribution in [0, 0.1) is 0 Å². The van der Waals surface area contributed by atoms with Crippen molar-refractivity contribution >= 4 is 17.9 Å². The van der Waals surface area contributed by atoms with E-state index in [-0.39, 0.29) is 31.1 Å². The Morgan fingerprint density at radius 3 is 0.926 bits per heavy atom. The monoisotopic (exact) mass is 949 g/mol. The Labute approximate surface area is 421 Å². The van der Waals surface area contributed by atoms with Crippen LogP contribution in [0.1, 0.15) is 284 Å². The van der Waals surface area contributed by atoms with E-state index < -0.39 is 6.10 Å². The number of hydrogen-bond donors (Lipinski definition) is 0. The van der Waals surface area contributed by atoms with Crippen molar-refractivity contribution < 1.29 is 28.6 Å². The molecule has 0 amide bonds.